The predicted octanol–water partition coefficient (Wildman–Crippen LogP) is 1.99. The Hall–Kier alpha value is -1.84. The Bertz CT molecular complexity index is 440. The number of carbonyl (C=O) groups is 2. The molecule has 0 saturated carbocycles. The molecule has 4 heteroatoms. The molecule has 1 aromatic carbocycles. The van der Waals surface area contributed by atoms with E-state index in [4.69, 9.17) is 0 Å². The zero-order valence-electron chi connectivity index (χ0n) is 10.5. The smallest absolute Gasteiger partial charge is 0.246 e. The van der Waals surface area contributed by atoms with Crippen LogP contribution in [-0.2, 0) is 9.59 Å². The van der Waals surface area contributed by atoms with E-state index in [0.29, 0.717) is 12.8 Å². The summed E-state index contributed by atoms with van der Waals surface area (Å²) in [7, 11) is 0. The topological polar surface area (TPSA) is 58.2 Å². The van der Waals surface area contributed by atoms with Gasteiger partial charge in [-0.3, -0.25) is 9.59 Å². The van der Waals surface area contributed by atoms with Gasteiger partial charge >= 0.3 is 0 Å². The fourth-order valence-electron chi connectivity index (χ4n) is 2.04. The molecule has 1 heterocycles. The molecular formula is C14H18N2O2. The van der Waals surface area contributed by atoms with Crippen molar-refractivity contribution < 1.29 is 9.59 Å². The Labute approximate surface area is 107 Å². The van der Waals surface area contributed by atoms with Crippen LogP contribution in [0.2, 0.25) is 0 Å². The minimum absolute atomic E-state index is 0.0310. The van der Waals surface area contributed by atoms with E-state index in [1.54, 1.807) is 0 Å². The van der Waals surface area contributed by atoms with Crippen molar-refractivity contribution in [1.82, 2.24) is 5.32 Å². The van der Waals surface area contributed by atoms with Crippen molar-refractivity contribution in [3.05, 3.63) is 29.8 Å². The summed E-state index contributed by atoms with van der Waals surface area (Å²) in [5.41, 5.74) is 1.92. The highest BCUT2D eigenvalue weighted by molar-refractivity contribution is 5.97. The second kappa shape index (κ2) is 5.67. The van der Waals surface area contributed by atoms with E-state index in [1.165, 1.54) is 0 Å². The number of benzene rings is 1. The Kier molecular flexibility index (Phi) is 3.97. The number of anilines is 1. The number of carbonyl (C=O) groups excluding carboxylic acids is 2. The fraction of sp³-hybridized carbons (Fsp3) is 0.429. The minimum Gasteiger partial charge on any atom is -0.344 e. The van der Waals surface area contributed by atoms with Crippen LogP contribution in [0, 0.1) is 6.92 Å². The second-order valence-electron chi connectivity index (χ2n) is 4.72. The summed E-state index contributed by atoms with van der Waals surface area (Å²) < 4.78 is 0. The van der Waals surface area contributed by atoms with Gasteiger partial charge in [0.15, 0.2) is 0 Å². The van der Waals surface area contributed by atoms with Crippen molar-refractivity contribution in [2.45, 2.75) is 38.6 Å². The molecule has 2 amide bonds. The quantitative estimate of drug-likeness (QED) is 0.838. The van der Waals surface area contributed by atoms with Crippen molar-refractivity contribution in [2.75, 3.05) is 5.32 Å². The highest BCUT2D eigenvalue weighted by atomic mass is 16.2. The maximum Gasteiger partial charge on any atom is 0.246 e. The molecule has 0 aromatic heterocycles. The second-order valence-corrected chi connectivity index (χ2v) is 4.72. The fourth-order valence-corrected chi connectivity index (χ4v) is 2.04. The molecule has 0 spiro atoms. The van der Waals surface area contributed by atoms with E-state index in [1.807, 2.05) is 31.2 Å². The summed E-state index contributed by atoms with van der Waals surface area (Å²) in [5, 5.41) is 5.59. The van der Waals surface area contributed by atoms with E-state index < -0.39 is 6.04 Å². The normalized spacial score (nSPS) is 19.8. The molecule has 96 valence electrons. The van der Waals surface area contributed by atoms with Crippen molar-refractivity contribution >= 4 is 17.5 Å². The lowest BCUT2D eigenvalue weighted by atomic mass is 10.1. The Balaban J connectivity index is 1.98. The summed E-state index contributed by atoms with van der Waals surface area (Å²) in [5.74, 6) is -0.161. The lowest BCUT2D eigenvalue weighted by Crippen LogP contribution is -2.42. The lowest BCUT2D eigenvalue weighted by molar-refractivity contribution is -0.125. The average Bonchev–Trinajstić information content (AvgIpc) is 2.57. The molecule has 0 aliphatic carbocycles. The highest BCUT2D eigenvalue weighted by Crippen LogP contribution is 2.13. The van der Waals surface area contributed by atoms with Crippen LogP contribution in [0.15, 0.2) is 24.3 Å². The molecule has 1 aromatic rings. The van der Waals surface area contributed by atoms with Crippen molar-refractivity contribution in [3.63, 3.8) is 0 Å². The Morgan fingerprint density at radius 3 is 2.72 bits per heavy atom. The van der Waals surface area contributed by atoms with Gasteiger partial charge in [-0.2, -0.15) is 0 Å². The van der Waals surface area contributed by atoms with Crippen LogP contribution in [0.1, 0.15) is 31.2 Å². The predicted molar refractivity (Wildman–Crippen MR) is 70.2 cm³/mol. The van der Waals surface area contributed by atoms with E-state index in [2.05, 4.69) is 10.6 Å². The van der Waals surface area contributed by atoms with Gasteiger partial charge in [0.05, 0.1) is 0 Å². The van der Waals surface area contributed by atoms with E-state index >= 15 is 0 Å². The molecule has 1 unspecified atom stereocenters. The zero-order valence-corrected chi connectivity index (χ0v) is 10.5. The van der Waals surface area contributed by atoms with Crippen molar-refractivity contribution in [2.24, 2.45) is 0 Å². The zero-order chi connectivity index (χ0) is 13.0. The summed E-state index contributed by atoms with van der Waals surface area (Å²) >= 11 is 0. The molecule has 18 heavy (non-hydrogen) atoms. The maximum absolute atomic E-state index is 12.0. The van der Waals surface area contributed by atoms with Gasteiger partial charge in [0, 0.05) is 12.1 Å². The van der Waals surface area contributed by atoms with Crippen molar-refractivity contribution in [1.29, 1.82) is 0 Å². The molecular weight excluding hydrogens is 228 g/mol. The van der Waals surface area contributed by atoms with E-state index in [0.717, 1.165) is 24.1 Å². The first-order valence-corrected chi connectivity index (χ1v) is 6.32. The van der Waals surface area contributed by atoms with Gasteiger partial charge in [-0.1, -0.05) is 24.1 Å². The molecule has 2 rings (SSSR count). The van der Waals surface area contributed by atoms with Crippen LogP contribution in [0.3, 0.4) is 0 Å². The van der Waals surface area contributed by atoms with Gasteiger partial charge in [-0.15, -0.1) is 0 Å². The molecule has 0 bridgehead atoms. The van der Waals surface area contributed by atoms with Gasteiger partial charge < -0.3 is 10.6 Å². The first-order valence-electron chi connectivity index (χ1n) is 6.32. The Morgan fingerprint density at radius 2 is 2.00 bits per heavy atom. The first kappa shape index (κ1) is 12.6. The van der Waals surface area contributed by atoms with Gasteiger partial charge in [-0.05, 0) is 31.9 Å². The monoisotopic (exact) mass is 246 g/mol. The number of hydrogen-bond acceptors (Lipinski definition) is 2. The molecule has 2 N–H and O–H groups in total. The number of amides is 2. The molecule has 1 atom stereocenters. The molecule has 1 aliphatic rings. The summed E-state index contributed by atoms with van der Waals surface area (Å²) in [6, 6.07) is 7.22. The molecule has 1 fully saturated rings. The summed E-state index contributed by atoms with van der Waals surface area (Å²) in [6.07, 6.45) is 3.00. The maximum atomic E-state index is 12.0. The minimum atomic E-state index is -0.402. The van der Waals surface area contributed by atoms with Crippen LogP contribution in [0.5, 0.6) is 0 Å². The van der Waals surface area contributed by atoms with E-state index in [9.17, 15) is 9.59 Å². The number of nitrogens with one attached hydrogen (secondary N) is 2. The third-order valence-electron chi connectivity index (χ3n) is 3.12. The summed E-state index contributed by atoms with van der Waals surface area (Å²) in [6.45, 7) is 2.00. The molecule has 0 radical (unpaired) electrons. The van der Waals surface area contributed by atoms with Crippen LogP contribution in [0.4, 0.5) is 5.69 Å². The van der Waals surface area contributed by atoms with Crippen LogP contribution in [-0.4, -0.2) is 17.9 Å². The number of aryl methyl sites for hydroxylation is 1. The molecule has 1 saturated heterocycles. The van der Waals surface area contributed by atoms with Crippen LogP contribution < -0.4 is 10.6 Å². The number of rotatable bonds is 2. The van der Waals surface area contributed by atoms with Gasteiger partial charge in [0.1, 0.15) is 6.04 Å². The van der Waals surface area contributed by atoms with Crippen LogP contribution >= 0.6 is 0 Å². The molecule has 4 nitrogen and oxygen atoms in total. The summed E-state index contributed by atoms with van der Waals surface area (Å²) in [4.78, 5) is 23.4. The lowest BCUT2D eigenvalue weighted by Gasteiger charge is -2.15. The largest absolute Gasteiger partial charge is 0.344 e. The van der Waals surface area contributed by atoms with Crippen molar-refractivity contribution in [3.8, 4) is 0 Å². The first-order chi connectivity index (χ1) is 8.65. The number of hydrogen-bond donors (Lipinski definition) is 2. The van der Waals surface area contributed by atoms with Crippen LogP contribution in [0.25, 0.3) is 0 Å². The average molecular weight is 246 g/mol. The third-order valence-corrected chi connectivity index (χ3v) is 3.12. The highest BCUT2D eigenvalue weighted by Gasteiger charge is 2.22. The van der Waals surface area contributed by atoms with E-state index in [-0.39, 0.29) is 11.8 Å². The molecule has 1 aliphatic heterocycles. The third kappa shape index (κ3) is 3.32. The van der Waals surface area contributed by atoms with Gasteiger partial charge in [0.2, 0.25) is 11.8 Å². The standard InChI is InChI=1S/C14H18N2O2/c1-10-6-8-11(9-7-10)15-14(18)12-4-2-3-5-13(17)16-12/h6-9,12H,2-5H2,1H3,(H,15,18)(H,16,17). The Morgan fingerprint density at radius 1 is 1.28 bits per heavy atom. The van der Waals surface area contributed by atoms with Gasteiger partial charge in [-0.25, -0.2) is 0 Å². The van der Waals surface area contributed by atoms with Gasteiger partial charge in [0.25, 0.3) is 0 Å². The SMILES string of the molecule is Cc1ccc(NC(=O)C2CCCCC(=O)N2)cc1.